The van der Waals surface area contributed by atoms with Crippen LogP contribution in [0.4, 0.5) is 5.69 Å². The maximum atomic E-state index is 13.2. The number of carboxylic acid groups (broad SMARTS) is 1. The number of carbonyl (C=O) groups is 3. The van der Waals surface area contributed by atoms with Crippen molar-refractivity contribution >= 4 is 52.3 Å². The number of aliphatic hydroxyl groups is 1. The van der Waals surface area contributed by atoms with E-state index < -0.39 is 29.5 Å². The van der Waals surface area contributed by atoms with Crippen LogP contribution in [0.2, 0.25) is 10.0 Å². The van der Waals surface area contributed by atoms with E-state index in [1.165, 1.54) is 24.1 Å². The van der Waals surface area contributed by atoms with Crippen LogP contribution in [0.15, 0.2) is 72.3 Å². The molecule has 1 heterocycles. The monoisotopic (exact) mass is 511 g/mol. The molecule has 0 aliphatic carbocycles. The summed E-state index contributed by atoms with van der Waals surface area (Å²) >= 11 is 12.5. The number of anilines is 1. The maximum Gasteiger partial charge on any atom is 0.307 e. The summed E-state index contributed by atoms with van der Waals surface area (Å²) in [6.45, 7) is 0. The first-order valence-corrected chi connectivity index (χ1v) is 11.2. The van der Waals surface area contributed by atoms with Gasteiger partial charge in [0.1, 0.15) is 5.76 Å². The Labute approximate surface area is 210 Å². The minimum Gasteiger partial charge on any atom is -0.507 e. The SMILES string of the molecule is COc1c(Cl)cc(/C(O)=C2\C(=O)C(=O)N(c3ccc(CC(=O)O)cc3)C2c2ccccc2)cc1Cl. The molecule has 1 fully saturated rings. The van der Waals surface area contributed by atoms with Gasteiger partial charge < -0.3 is 14.9 Å². The zero-order valence-electron chi connectivity index (χ0n) is 18.4. The smallest absolute Gasteiger partial charge is 0.307 e. The molecule has 9 heteroatoms. The van der Waals surface area contributed by atoms with E-state index in [1.807, 2.05) is 0 Å². The number of aliphatic hydroxyl groups excluding tert-OH is 1. The number of nitrogens with zero attached hydrogens (tertiary/aromatic N) is 1. The Morgan fingerprint density at radius 3 is 2.11 bits per heavy atom. The fraction of sp³-hybridized carbons (Fsp3) is 0.115. The van der Waals surface area contributed by atoms with Crippen LogP contribution in [-0.4, -0.2) is 35.0 Å². The number of hydrogen-bond donors (Lipinski definition) is 2. The maximum absolute atomic E-state index is 13.2. The van der Waals surface area contributed by atoms with Gasteiger partial charge in [-0.15, -0.1) is 0 Å². The number of Topliss-reactive ketones (excluding diaryl/α,β-unsaturated/α-hetero) is 1. The van der Waals surface area contributed by atoms with Gasteiger partial charge in [-0.2, -0.15) is 0 Å². The predicted octanol–water partition coefficient (Wildman–Crippen LogP) is 5.26. The average molecular weight is 512 g/mol. The van der Waals surface area contributed by atoms with E-state index in [0.717, 1.165) is 0 Å². The number of methoxy groups -OCH3 is 1. The molecule has 7 nitrogen and oxygen atoms in total. The van der Waals surface area contributed by atoms with Gasteiger partial charge in [-0.05, 0) is 35.4 Å². The standard InChI is InChI=1S/C26H19Cl2NO6/c1-35-25-18(27)12-16(13-19(25)28)23(32)21-22(15-5-3-2-4-6-15)29(26(34)24(21)33)17-9-7-14(8-10-17)11-20(30)31/h2-10,12-13,22,32H,11H2,1H3,(H,30,31)/b23-21+. The molecule has 1 aliphatic rings. The topological polar surface area (TPSA) is 104 Å². The van der Waals surface area contributed by atoms with Crippen LogP contribution in [0.5, 0.6) is 5.75 Å². The Bertz CT molecular complexity index is 1330. The Hall–Kier alpha value is -3.81. The number of amides is 1. The van der Waals surface area contributed by atoms with Gasteiger partial charge in [-0.3, -0.25) is 19.3 Å². The van der Waals surface area contributed by atoms with Gasteiger partial charge in [0, 0.05) is 11.3 Å². The minimum atomic E-state index is -0.987. The summed E-state index contributed by atoms with van der Waals surface area (Å²) in [5.74, 6) is -2.93. The van der Waals surface area contributed by atoms with Gasteiger partial charge in [0.25, 0.3) is 11.7 Å². The Kier molecular flexibility index (Phi) is 6.82. The zero-order chi connectivity index (χ0) is 25.3. The molecular weight excluding hydrogens is 493 g/mol. The molecule has 1 atom stereocenters. The van der Waals surface area contributed by atoms with Crippen LogP contribution in [0.1, 0.15) is 22.7 Å². The summed E-state index contributed by atoms with van der Waals surface area (Å²) in [6, 6.07) is 16.9. The lowest BCUT2D eigenvalue weighted by Crippen LogP contribution is -2.29. The van der Waals surface area contributed by atoms with Crippen LogP contribution in [0.3, 0.4) is 0 Å². The molecule has 1 amide bonds. The normalized spacial score (nSPS) is 17.0. The molecule has 0 aromatic heterocycles. The van der Waals surface area contributed by atoms with Crippen molar-refractivity contribution in [3.05, 3.63) is 99.0 Å². The van der Waals surface area contributed by atoms with Gasteiger partial charge in [-0.25, -0.2) is 0 Å². The van der Waals surface area contributed by atoms with Crippen molar-refractivity contribution in [1.29, 1.82) is 0 Å². The lowest BCUT2D eigenvalue weighted by atomic mass is 9.95. The van der Waals surface area contributed by atoms with E-state index in [2.05, 4.69) is 0 Å². The first kappa shape index (κ1) is 24.3. The van der Waals surface area contributed by atoms with Crippen LogP contribution in [0, 0.1) is 0 Å². The molecule has 1 saturated heterocycles. The van der Waals surface area contributed by atoms with Crippen LogP contribution < -0.4 is 9.64 Å². The van der Waals surface area contributed by atoms with Crippen LogP contribution in [0.25, 0.3) is 5.76 Å². The first-order chi connectivity index (χ1) is 16.7. The Balaban J connectivity index is 1.88. The summed E-state index contributed by atoms with van der Waals surface area (Å²) in [6.07, 6.45) is -0.180. The average Bonchev–Trinajstić information content (AvgIpc) is 3.09. The number of ether oxygens (including phenoxy) is 1. The van der Waals surface area contributed by atoms with Gasteiger partial charge in [0.05, 0.1) is 35.2 Å². The molecule has 4 rings (SSSR count). The van der Waals surface area contributed by atoms with Crippen LogP contribution >= 0.6 is 23.2 Å². The second-order valence-corrected chi connectivity index (χ2v) is 8.60. The Morgan fingerprint density at radius 2 is 1.57 bits per heavy atom. The fourth-order valence-electron chi connectivity index (χ4n) is 4.05. The van der Waals surface area contributed by atoms with Crippen LogP contribution in [-0.2, 0) is 20.8 Å². The molecule has 35 heavy (non-hydrogen) atoms. The molecule has 178 valence electrons. The molecular formula is C26H19Cl2NO6. The van der Waals surface area contributed by atoms with Crippen molar-refractivity contribution < 1.29 is 29.3 Å². The number of aliphatic carboxylic acids is 1. The van der Waals surface area contributed by atoms with E-state index >= 15 is 0 Å². The van der Waals surface area contributed by atoms with E-state index in [-0.39, 0.29) is 33.4 Å². The molecule has 0 saturated carbocycles. The molecule has 0 radical (unpaired) electrons. The van der Waals surface area contributed by atoms with Gasteiger partial charge in [0.2, 0.25) is 0 Å². The fourth-order valence-corrected chi connectivity index (χ4v) is 4.69. The molecule has 3 aromatic rings. The Morgan fingerprint density at radius 1 is 0.971 bits per heavy atom. The number of rotatable bonds is 6. The lowest BCUT2D eigenvalue weighted by Gasteiger charge is -2.25. The summed E-state index contributed by atoms with van der Waals surface area (Å²) in [5, 5.41) is 20.5. The van der Waals surface area contributed by atoms with Crippen molar-refractivity contribution in [2.45, 2.75) is 12.5 Å². The second kappa shape index (κ2) is 9.82. The highest BCUT2D eigenvalue weighted by Crippen LogP contribution is 2.43. The van der Waals surface area contributed by atoms with Crippen molar-refractivity contribution in [1.82, 2.24) is 0 Å². The predicted molar refractivity (Wildman–Crippen MR) is 132 cm³/mol. The van der Waals surface area contributed by atoms with Crippen molar-refractivity contribution in [2.75, 3.05) is 12.0 Å². The molecule has 0 spiro atoms. The lowest BCUT2D eigenvalue weighted by molar-refractivity contribution is -0.136. The third kappa shape index (κ3) is 4.60. The summed E-state index contributed by atoms with van der Waals surface area (Å²) < 4.78 is 5.15. The number of ketones is 1. The number of carbonyl (C=O) groups excluding carboxylic acids is 2. The molecule has 3 aromatic carbocycles. The third-order valence-corrected chi connectivity index (χ3v) is 6.17. The van der Waals surface area contributed by atoms with Crippen molar-refractivity contribution in [3.63, 3.8) is 0 Å². The van der Waals surface area contributed by atoms with Gasteiger partial charge in [-0.1, -0.05) is 65.7 Å². The highest BCUT2D eigenvalue weighted by molar-refractivity contribution is 6.51. The first-order valence-electron chi connectivity index (χ1n) is 10.4. The largest absolute Gasteiger partial charge is 0.507 e. The zero-order valence-corrected chi connectivity index (χ0v) is 19.9. The molecule has 1 unspecified atom stereocenters. The minimum absolute atomic E-state index is 0.126. The summed E-state index contributed by atoms with van der Waals surface area (Å²) in [4.78, 5) is 38.7. The number of carboxylic acids is 1. The van der Waals surface area contributed by atoms with E-state index in [1.54, 1.807) is 54.6 Å². The van der Waals surface area contributed by atoms with Gasteiger partial charge >= 0.3 is 5.97 Å². The van der Waals surface area contributed by atoms with E-state index in [0.29, 0.717) is 16.8 Å². The van der Waals surface area contributed by atoms with Crippen molar-refractivity contribution in [3.8, 4) is 5.75 Å². The van der Waals surface area contributed by atoms with Gasteiger partial charge in [0.15, 0.2) is 5.75 Å². The number of benzene rings is 3. The highest BCUT2D eigenvalue weighted by Gasteiger charge is 2.47. The molecule has 2 N–H and O–H groups in total. The third-order valence-electron chi connectivity index (χ3n) is 5.61. The number of halogens is 2. The number of hydrogen-bond acceptors (Lipinski definition) is 5. The summed E-state index contributed by atoms with van der Waals surface area (Å²) in [7, 11) is 1.40. The van der Waals surface area contributed by atoms with Crippen molar-refractivity contribution in [2.24, 2.45) is 0 Å². The second-order valence-electron chi connectivity index (χ2n) is 7.79. The molecule has 0 bridgehead atoms. The quantitative estimate of drug-likeness (QED) is 0.266. The molecule has 1 aliphatic heterocycles. The highest BCUT2D eigenvalue weighted by atomic mass is 35.5. The van der Waals surface area contributed by atoms with E-state index in [4.69, 9.17) is 33.0 Å². The van der Waals surface area contributed by atoms with E-state index in [9.17, 15) is 19.5 Å². The summed E-state index contributed by atoms with van der Waals surface area (Å²) in [5.41, 5.74) is 1.52.